The van der Waals surface area contributed by atoms with E-state index in [0.717, 1.165) is 18.9 Å². The first-order chi connectivity index (χ1) is 16.4. The molecule has 0 bridgehead atoms. The van der Waals surface area contributed by atoms with Gasteiger partial charge in [0.25, 0.3) is 0 Å². The Labute approximate surface area is 198 Å². The molecule has 2 saturated heterocycles. The maximum absolute atomic E-state index is 13.2. The van der Waals surface area contributed by atoms with Gasteiger partial charge in [-0.2, -0.15) is 4.31 Å². The molecule has 0 spiro atoms. The number of rotatable bonds is 6. The number of morpholine rings is 1. The first-order valence-corrected chi connectivity index (χ1v) is 12.6. The smallest absolute Gasteiger partial charge is 0.339 e. The maximum atomic E-state index is 13.2. The Kier molecular flexibility index (Phi) is 7.44. The van der Waals surface area contributed by atoms with Gasteiger partial charge in [0.1, 0.15) is 5.82 Å². The third kappa shape index (κ3) is 5.21. The van der Waals surface area contributed by atoms with E-state index in [2.05, 4.69) is 15.2 Å². The van der Waals surface area contributed by atoms with Crippen molar-refractivity contribution < 1.29 is 27.5 Å². The van der Waals surface area contributed by atoms with Gasteiger partial charge in [-0.1, -0.05) is 12.1 Å². The van der Waals surface area contributed by atoms with Crippen LogP contribution in [-0.4, -0.2) is 76.1 Å². The number of amides is 1. The molecule has 0 unspecified atom stereocenters. The largest absolute Gasteiger partial charge is 0.465 e. The molecule has 11 heteroatoms. The van der Waals surface area contributed by atoms with Gasteiger partial charge in [0.15, 0.2) is 0 Å². The fraction of sp³-hybridized carbons (Fsp3) is 0.435. The number of ether oxygens (including phenoxy) is 2. The zero-order chi connectivity index (χ0) is 24.1. The molecule has 4 rings (SSSR count). The Balaban J connectivity index is 1.35. The van der Waals surface area contributed by atoms with E-state index in [1.807, 2.05) is 12.1 Å². The topological polar surface area (TPSA) is 118 Å². The van der Waals surface area contributed by atoms with Crippen LogP contribution in [-0.2, 0) is 24.3 Å². The second kappa shape index (κ2) is 10.5. The van der Waals surface area contributed by atoms with Crippen LogP contribution in [0, 0.1) is 5.92 Å². The molecular formula is C23H28N4O6S. The van der Waals surface area contributed by atoms with E-state index >= 15 is 0 Å². The molecule has 0 radical (unpaired) electrons. The number of carbonyl (C=O) groups excluding carboxylic acids is 2. The highest BCUT2D eigenvalue weighted by atomic mass is 32.2. The molecule has 1 aromatic heterocycles. The number of nitrogens with one attached hydrogen (secondary N) is 1. The number of carbonyl (C=O) groups is 2. The van der Waals surface area contributed by atoms with Gasteiger partial charge in [0, 0.05) is 32.1 Å². The predicted octanol–water partition coefficient (Wildman–Crippen LogP) is 1.74. The molecule has 0 atom stereocenters. The fourth-order valence-corrected chi connectivity index (χ4v) is 5.80. The molecule has 2 fully saturated rings. The summed E-state index contributed by atoms with van der Waals surface area (Å²) in [6.45, 7) is 3.27. The van der Waals surface area contributed by atoms with Crippen molar-refractivity contribution in [2.45, 2.75) is 17.7 Å². The number of sulfonamides is 1. The summed E-state index contributed by atoms with van der Waals surface area (Å²) >= 11 is 0. The summed E-state index contributed by atoms with van der Waals surface area (Å²) in [6.07, 6.45) is 2.39. The first kappa shape index (κ1) is 24.1. The molecule has 34 heavy (non-hydrogen) atoms. The van der Waals surface area contributed by atoms with Crippen molar-refractivity contribution in [2.75, 3.05) is 56.7 Å². The van der Waals surface area contributed by atoms with Crippen molar-refractivity contribution in [2.24, 2.45) is 5.92 Å². The second-order valence-corrected chi connectivity index (χ2v) is 10.1. The number of esters is 1. The summed E-state index contributed by atoms with van der Waals surface area (Å²) in [5.74, 6) is -0.345. The van der Waals surface area contributed by atoms with Crippen LogP contribution in [0.15, 0.2) is 47.5 Å². The van der Waals surface area contributed by atoms with E-state index in [9.17, 15) is 18.0 Å². The molecule has 1 aromatic carbocycles. The minimum absolute atomic E-state index is 0.00195. The quantitative estimate of drug-likeness (QED) is 0.611. The van der Waals surface area contributed by atoms with Crippen molar-refractivity contribution in [3.8, 4) is 0 Å². The van der Waals surface area contributed by atoms with Crippen LogP contribution in [0.3, 0.4) is 0 Å². The van der Waals surface area contributed by atoms with E-state index in [-0.39, 0.29) is 35.4 Å². The van der Waals surface area contributed by atoms with Crippen LogP contribution in [0.2, 0.25) is 0 Å². The summed E-state index contributed by atoms with van der Waals surface area (Å²) in [5.41, 5.74) is 0.599. The number of benzene rings is 1. The highest BCUT2D eigenvalue weighted by molar-refractivity contribution is 7.89. The second-order valence-electron chi connectivity index (χ2n) is 8.16. The van der Waals surface area contributed by atoms with E-state index < -0.39 is 16.0 Å². The molecule has 2 aromatic rings. The number of hydrogen-bond donors (Lipinski definition) is 1. The highest BCUT2D eigenvalue weighted by Gasteiger charge is 2.34. The summed E-state index contributed by atoms with van der Waals surface area (Å²) in [4.78, 5) is 31.3. The maximum Gasteiger partial charge on any atom is 0.339 e. The standard InChI is InChI=1S/C23H28N4O6S/c1-32-23(29)19-4-2-3-5-20(19)34(30,31)27-10-8-17(9-11-27)22(28)25-18-6-7-21(24-16-18)26-12-14-33-15-13-26/h2-7,16-17H,8-15H2,1H3,(H,25,28). The van der Waals surface area contributed by atoms with Gasteiger partial charge in [0.2, 0.25) is 15.9 Å². The average molecular weight is 489 g/mol. The number of nitrogens with zero attached hydrogens (tertiary/aromatic N) is 3. The molecule has 10 nitrogen and oxygen atoms in total. The molecule has 0 saturated carbocycles. The normalized spacial score (nSPS) is 17.9. The van der Waals surface area contributed by atoms with Gasteiger partial charge in [-0.15, -0.1) is 0 Å². The SMILES string of the molecule is COC(=O)c1ccccc1S(=O)(=O)N1CCC(C(=O)Nc2ccc(N3CCOCC3)nc2)CC1. The van der Waals surface area contributed by atoms with E-state index in [0.29, 0.717) is 31.7 Å². The summed E-state index contributed by atoms with van der Waals surface area (Å²) in [5, 5.41) is 2.88. The number of aromatic nitrogens is 1. The number of anilines is 2. The van der Waals surface area contributed by atoms with Crippen LogP contribution in [0.4, 0.5) is 11.5 Å². The van der Waals surface area contributed by atoms with E-state index in [1.165, 1.54) is 23.5 Å². The van der Waals surface area contributed by atoms with Crippen molar-refractivity contribution in [1.29, 1.82) is 0 Å². The number of hydrogen-bond acceptors (Lipinski definition) is 8. The zero-order valence-electron chi connectivity index (χ0n) is 19.0. The first-order valence-electron chi connectivity index (χ1n) is 11.2. The molecule has 0 aliphatic carbocycles. The van der Waals surface area contributed by atoms with Crippen molar-refractivity contribution in [3.05, 3.63) is 48.2 Å². The zero-order valence-corrected chi connectivity index (χ0v) is 19.8. The average Bonchev–Trinajstić information content (AvgIpc) is 2.89. The van der Waals surface area contributed by atoms with Gasteiger partial charge in [-0.05, 0) is 37.1 Å². The molecule has 182 valence electrons. The van der Waals surface area contributed by atoms with Gasteiger partial charge in [-0.3, -0.25) is 4.79 Å². The lowest BCUT2D eigenvalue weighted by atomic mass is 9.97. The Morgan fingerprint density at radius 3 is 2.41 bits per heavy atom. The lowest BCUT2D eigenvalue weighted by Gasteiger charge is -2.31. The number of piperidine rings is 1. The minimum Gasteiger partial charge on any atom is -0.465 e. The van der Waals surface area contributed by atoms with Gasteiger partial charge in [-0.25, -0.2) is 18.2 Å². The van der Waals surface area contributed by atoms with E-state index in [1.54, 1.807) is 18.3 Å². The van der Waals surface area contributed by atoms with Crippen LogP contribution in [0.5, 0.6) is 0 Å². The summed E-state index contributed by atoms with van der Waals surface area (Å²) in [7, 11) is -2.68. The van der Waals surface area contributed by atoms with Crippen molar-refractivity contribution >= 4 is 33.4 Å². The molecule has 2 aliphatic rings. The highest BCUT2D eigenvalue weighted by Crippen LogP contribution is 2.27. The Morgan fingerprint density at radius 1 is 1.06 bits per heavy atom. The fourth-order valence-electron chi connectivity index (χ4n) is 4.15. The summed E-state index contributed by atoms with van der Waals surface area (Å²) < 4.78 is 37.7. The van der Waals surface area contributed by atoms with Crippen molar-refractivity contribution in [1.82, 2.24) is 9.29 Å². The van der Waals surface area contributed by atoms with Gasteiger partial charge >= 0.3 is 5.97 Å². The molecule has 1 N–H and O–H groups in total. The summed E-state index contributed by atoms with van der Waals surface area (Å²) in [6, 6.07) is 9.67. The number of pyridine rings is 1. The lowest BCUT2D eigenvalue weighted by Crippen LogP contribution is -2.41. The third-order valence-corrected chi connectivity index (χ3v) is 8.04. The van der Waals surface area contributed by atoms with Gasteiger partial charge < -0.3 is 19.7 Å². The van der Waals surface area contributed by atoms with Gasteiger partial charge in [0.05, 0.1) is 42.7 Å². The lowest BCUT2D eigenvalue weighted by molar-refractivity contribution is -0.120. The Hall–Kier alpha value is -3.02. The monoisotopic (exact) mass is 488 g/mol. The number of methoxy groups -OCH3 is 1. The van der Waals surface area contributed by atoms with Crippen molar-refractivity contribution in [3.63, 3.8) is 0 Å². The predicted molar refractivity (Wildman–Crippen MR) is 125 cm³/mol. The molecule has 3 heterocycles. The van der Waals surface area contributed by atoms with Crippen LogP contribution in [0.25, 0.3) is 0 Å². The van der Waals surface area contributed by atoms with E-state index in [4.69, 9.17) is 9.47 Å². The Bertz CT molecular complexity index is 1120. The molecule has 1 amide bonds. The minimum atomic E-state index is -3.89. The van der Waals surface area contributed by atoms with Crippen LogP contribution in [0.1, 0.15) is 23.2 Å². The van der Waals surface area contributed by atoms with Crippen LogP contribution >= 0.6 is 0 Å². The Morgan fingerprint density at radius 2 is 1.76 bits per heavy atom. The third-order valence-electron chi connectivity index (χ3n) is 6.09. The molecular weight excluding hydrogens is 460 g/mol. The van der Waals surface area contributed by atoms with Crippen LogP contribution < -0.4 is 10.2 Å². The molecule has 2 aliphatic heterocycles.